The van der Waals surface area contributed by atoms with Gasteiger partial charge in [0.2, 0.25) is 0 Å². The maximum atomic E-state index is 6.00. The van der Waals surface area contributed by atoms with Crippen LogP contribution in [0.1, 0.15) is 34.6 Å². The second-order valence-corrected chi connectivity index (χ2v) is 5.74. The molecule has 0 N–H and O–H groups in total. The molecule has 1 aliphatic rings. The predicted molar refractivity (Wildman–Crippen MR) is 77.0 cm³/mol. The fraction of sp³-hybridized carbons (Fsp3) is 1.00. The van der Waals surface area contributed by atoms with Gasteiger partial charge in [0.1, 0.15) is 18.3 Å². The third-order valence-electron chi connectivity index (χ3n) is 3.16. The summed E-state index contributed by atoms with van der Waals surface area (Å²) >= 11 is 0. The highest BCUT2D eigenvalue weighted by Crippen LogP contribution is 2.28. The van der Waals surface area contributed by atoms with Gasteiger partial charge in [0, 0.05) is 7.11 Å². The van der Waals surface area contributed by atoms with Crippen molar-refractivity contribution in [3.05, 3.63) is 0 Å². The number of hydrogen-bond donors (Lipinski definition) is 0. The van der Waals surface area contributed by atoms with Crippen LogP contribution in [0.25, 0.3) is 0 Å². The number of rotatable bonds is 9. The van der Waals surface area contributed by atoms with Gasteiger partial charge in [0.25, 0.3) is 0 Å². The van der Waals surface area contributed by atoms with Crippen molar-refractivity contribution in [2.75, 3.05) is 26.9 Å². The second kappa shape index (κ2) is 8.95. The summed E-state index contributed by atoms with van der Waals surface area (Å²) in [4.78, 5) is 0. The fourth-order valence-corrected chi connectivity index (χ4v) is 2.31. The first kappa shape index (κ1) is 17.9. The van der Waals surface area contributed by atoms with Crippen molar-refractivity contribution in [1.82, 2.24) is 0 Å². The second-order valence-electron chi connectivity index (χ2n) is 5.74. The minimum absolute atomic E-state index is 0.00336. The summed E-state index contributed by atoms with van der Waals surface area (Å²) in [5, 5.41) is 0. The molecule has 1 heterocycles. The molecule has 4 atom stereocenters. The Morgan fingerprint density at radius 3 is 2.25 bits per heavy atom. The molecule has 0 spiro atoms. The molecule has 0 bridgehead atoms. The van der Waals surface area contributed by atoms with E-state index in [-0.39, 0.29) is 36.6 Å². The summed E-state index contributed by atoms with van der Waals surface area (Å²) in [6.07, 6.45) is 0.0543. The van der Waals surface area contributed by atoms with Crippen LogP contribution in [-0.2, 0) is 23.7 Å². The SMILES string of the molecule is COCCOC1[C@H](C)O[C@H](COC(C)C)[C@@H]1OC(C)C. The van der Waals surface area contributed by atoms with Crippen LogP contribution in [-0.4, -0.2) is 63.6 Å². The lowest BCUT2D eigenvalue weighted by molar-refractivity contribution is -0.106. The smallest absolute Gasteiger partial charge is 0.115 e. The van der Waals surface area contributed by atoms with Crippen LogP contribution in [0.4, 0.5) is 0 Å². The maximum absolute atomic E-state index is 6.00. The van der Waals surface area contributed by atoms with Crippen molar-refractivity contribution in [2.45, 2.75) is 71.2 Å². The Kier molecular flexibility index (Phi) is 7.99. The molecule has 0 aromatic carbocycles. The molecule has 0 aromatic heterocycles. The van der Waals surface area contributed by atoms with Crippen LogP contribution in [0.3, 0.4) is 0 Å². The van der Waals surface area contributed by atoms with Crippen LogP contribution in [0.15, 0.2) is 0 Å². The summed E-state index contributed by atoms with van der Waals surface area (Å²) in [6.45, 7) is 11.8. The molecule has 1 fully saturated rings. The van der Waals surface area contributed by atoms with Crippen molar-refractivity contribution >= 4 is 0 Å². The van der Waals surface area contributed by atoms with Crippen molar-refractivity contribution in [3.8, 4) is 0 Å². The number of ether oxygens (including phenoxy) is 5. The van der Waals surface area contributed by atoms with Crippen LogP contribution in [0.5, 0.6) is 0 Å². The van der Waals surface area contributed by atoms with Crippen LogP contribution in [0.2, 0.25) is 0 Å². The van der Waals surface area contributed by atoms with Crippen molar-refractivity contribution < 1.29 is 23.7 Å². The molecule has 0 saturated carbocycles. The van der Waals surface area contributed by atoms with E-state index in [1.807, 2.05) is 34.6 Å². The third-order valence-corrected chi connectivity index (χ3v) is 3.16. The van der Waals surface area contributed by atoms with Crippen molar-refractivity contribution in [3.63, 3.8) is 0 Å². The largest absolute Gasteiger partial charge is 0.382 e. The molecule has 1 aliphatic heterocycles. The first-order valence-electron chi connectivity index (χ1n) is 7.48. The maximum Gasteiger partial charge on any atom is 0.115 e. The molecule has 20 heavy (non-hydrogen) atoms. The number of hydrogen-bond acceptors (Lipinski definition) is 5. The molecule has 0 aromatic rings. The lowest BCUT2D eigenvalue weighted by atomic mass is 10.1. The van der Waals surface area contributed by atoms with E-state index in [1.54, 1.807) is 7.11 Å². The van der Waals surface area contributed by atoms with E-state index < -0.39 is 0 Å². The summed E-state index contributed by atoms with van der Waals surface area (Å²) in [7, 11) is 1.67. The Labute approximate surface area is 122 Å². The summed E-state index contributed by atoms with van der Waals surface area (Å²) in [5.41, 5.74) is 0. The van der Waals surface area contributed by atoms with E-state index in [4.69, 9.17) is 23.7 Å². The minimum Gasteiger partial charge on any atom is -0.382 e. The van der Waals surface area contributed by atoms with Gasteiger partial charge in [-0.2, -0.15) is 0 Å². The molecule has 1 rings (SSSR count). The zero-order valence-electron chi connectivity index (χ0n) is 13.6. The lowest BCUT2D eigenvalue weighted by Gasteiger charge is -2.26. The average molecular weight is 290 g/mol. The van der Waals surface area contributed by atoms with Crippen LogP contribution < -0.4 is 0 Å². The van der Waals surface area contributed by atoms with Gasteiger partial charge in [0.05, 0.1) is 38.1 Å². The topological polar surface area (TPSA) is 46.2 Å². The molecule has 120 valence electrons. The highest BCUT2D eigenvalue weighted by atomic mass is 16.6. The fourth-order valence-electron chi connectivity index (χ4n) is 2.31. The molecule has 5 nitrogen and oxygen atoms in total. The average Bonchev–Trinajstić information content (AvgIpc) is 2.64. The zero-order valence-corrected chi connectivity index (χ0v) is 13.6. The molecule has 0 radical (unpaired) electrons. The Morgan fingerprint density at radius 2 is 1.70 bits per heavy atom. The molecule has 5 heteroatoms. The number of methoxy groups -OCH3 is 1. The minimum atomic E-state index is -0.0967. The molecular formula is C15H30O5. The highest BCUT2D eigenvalue weighted by molar-refractivity contribution is 4.91. The predicted octanol–water partition coefficient (Wildman–Crippen LogP) is 2.02. The van der Waals surface area contributed by atoms with E-state index in [0.717, 1.165) is 0 Å². The normalized spacial score (nSPS) is 30.6. The van der Waals surface area contributed by atoms with Gasteiger partial charge in [-0.05, 0) is 34.6 Å². The summed E-state index contributed by atoms with van der Waals surface area (Å²) < 4.78 is 28.5. The van der Waals surface area contributed by atoms with Gasteiger partial charge < -0.3 is 23.7 Å². The highest BCUT2D eigenvalue weighted by Gasteiger charge is 2.44. The first-order valence-corrected chi connectivity index (χ1v) is 7.48. The van der Waals surface area contributed by atoms with Gasteiger partial charge in [0.15, 0.2) is 0 Å². The van der Waals surface area contributed by atoms with Crippen molar-refractivity contribution in [1.29, 1.82) is 0 Å². The molecule has 0 aliphatic carbocycles. The van der Waals surface area contributed by atoms with Gasteiger partial charge >= 0.3 is 0 Å². The Hall–Kier alpha value is -0.200. The van der Waals surface area contributed by atoms with Crippen LogP contribution in [0, 0.1) is 0 Å². The van der Waals surface area contributed by atoms with E-state index in [0.29, 0.717) is 19.8 Å². The third kappa shape index (κ3) is 5.66. The summed E-state index contributed by atoms with van der Waals surface area (Å²) in [5.74, 6) is 0. The van der Waals surface area contributed by atoms with E-state index >= 15 is 0 Å². The molecular weight excluding hydrogens is 260 g/mol. The van der Waals surface area contributed by atoms with Gasteiger partial charge in [-0.25, -0.2) is 0 Å². The standard InChI is InChI=1S/C15H30O5/c1-10(2)18-9-13-15(19-11(3)4)14(12(5)20-13)17-8-7-16-6/h10-15H,7-9H2,1-6H3/t12-,13+,14?,15-/m0/s1. The first-order chi connectivity index (χ1) is 9.45. The van der Waals surface area contributed by atoms with Crippen LogP contribution >= 0.6 is 0 Å². The Bertz CT molecular complexity index is 257. The van der Waals surface area contributed by atoms with Crippen molar-refractivity contribution in [2.24, 2.45) is 0 Å². The Morgan fingerprint density at radius 1 is 1.00 bits per heavy atom. The Balaban J connectivity index is 2.60. The summed E-state index contributed by atoms with van der Waals surface area (Å²) in [6, 6.07) is 0. The quantitative estimate of drug-likeness (QED) is 0.608. The molecule has 1 saturated heterocycles. The van der Waals surface area contributed by atoms with Gasteiger partial charge in [-0.3, -0.25) is 0 Å². The molecule has 1 unspecified atom stereocenters. The molecule has 0 amide bonds. The van der Waals surface area contributed by atoms with E-state index in [9.17, 15) is 0 Å². The lowest BCUT2D eigenvalue weighted by Crippen LogP contribution is -2.41. The monoisotopic (exact) mass is 290 g/mol. The van der Waals surface area contributed by atoms with Gasteiger partial charge in [-0.1, -0.05) is 0 Å². The van der Waals surface area contributed by atoms with E-state index in [1.165, 1.54) is 0 Å². The van der Waals surface area contributed by atoms with E-state index in [2.05, 4.69) is 0 Å². The zero-order chi connectivity index (χ0) is 15.1. The van der Waals surface area contributed by atoms with Gasteiger partial charge in [-0.15, -0.1) is 0 Å².